The molecule has 2 aliphatic heterocycles. The summed E-state index contributed by atoms with van der Waals surface area (Å²) in [5, 5.41) is 0. The molecule has 0 atom stereocenters. The minimum absolute atomic E-state index is 0.000272. The zero-order valence-electron chi connectivity index (χ0n) is 13.6. The molecule has 5 nitrogen and oxygen atoms in total. The number of hydrogen-bond acceptors (Lipinski definition) is 4. The van der Waals surface area contributed by atoms with Crippen molar-refractivity contribution >= 4 is 29.3 Å². The van der Waals surface area contributed by atoms with Crippen molar-refractivity contribution in [2.75, 3.05) is 49.9 Å². The van der Waals surface area contributed by atoms with Crippen LogP contribution in [-0.4, -0.2) is 66.6 Å². The number of thioether (sulfide) groups is 1. The summed E-state index contributed by atoms with van der Waals surface area (Å²) in [5.41, 5.74) is 0.847. The summed E-state index contributed by atoms with van der Waals surface area (Å²) < 4.78 is 0. The lowest BCUT2D eigenvalue weighted by Crippen LogP contribution is -2.52. The Morgan fingerprint density at radius 3 is 2.71 bits per heavy atom. The molecule has 2 aliphatic rings. The third kappa shape index (κ3) is 3.74. The minimum Gasteiger partial charge on any atom is -0.339 e. The van der Waals surface area contributed by atoms with Crippen LogP contribution in [0.5, 0.6) is 0 Å². The van der Waals surface area contributed by atoms with E-state index in [1.54, 1.807) is 4.90 Å². The molecule has 0 aromatic heterocycles. The maximum Gasteiger partial charge on any atom is 0.242 e. The van der Waals surface area contributed by atoms with Gasteiger partial charge in [-0.1, -0.05) is 12.1 Å². The second-order valence-corrected chi connectivity index (χ2v) is 6.93. The molecular formula is C18H21N3O2S. The highest BCUT2D eigenvalue weighted by molar-refractivity contribution is 8.00. The molecule has 2 heterocycles. The number of carbonyl (C=O) groups excluding carboxylic acids is 2. The molecule has 0 N–H and O–H groups in total. The van der Waals surface area contributed by atoms with Gasteiger partial charge in [0.05, 0.1) is 11.4 Å². The van der Waals surface area contributed by atoms with Crippen LogP contribution in [0.1, 0.15) is 6.42 Å². The summed E-state index contributed by atoms with van der Waals surface area (Å²) in [7, 11) is 0. The molecule has 0 saturated carbocycles. The van der Waals surface area contributed by atoms with Gasteiger partial charge in [0.15, 0.2) is 0 Å². The van der Waals surface area contributed by atoms with E-state index in [2.05, 4.69) is 10.8 Å². The average Bonchev–Trinajstić information content (AvgIpc) is 2.62. The first-order chi connectivity index (χ1) is 11.7. The summed E-state index contributed by atoms with van der Waals surface area (Å²) in [5.74, 6) is 3.06. The lowest BCUT2D eigenvalue weighted by Gasteiger charge is -2.36. The van der Waals surface area contributed by atoms with Crippen LogP contribution >= 0.6 is 11.8 Å². The van der Waals surface area contributed by atoms with Crippen molar-refractivity contribution in [3.8, 4) is 12.3 Å². The van der Waals surface area contributed by atoms with E-state index in [0.717, 1.165) is 36.6 Å². The maximum absolute atomic E-state index is 12.6. The lowest BCUT2D eigenvalue weighted by atomic mass is 10.2. The molecular weight excluding hydrogens is 322 g/mol. The zero-order chi connectivity index (χ0) is 16.9. The van der Waals surface area contributed by atoms with E-state index in [9.17, 15) is 9.59 Å². The maximum atomic E-state index is 12.6. The van der Waals surface area contributed by atoms with E-state index in [0.29, 0.717) is 18.8 Å². The number of rotatable bonds is 4. The lowest BCUT2D eigenvalue weighted by molar-refractivity contribution is -0.132. The van der Waals surface area contributed by atoms with Crippen LogP contribution in [0.25, 0.3) is 0 Å². The van der Waals surface area contributed by atoms with E-state index < -0.39 is 0 Å². The summed E-state index contributed by atoms with van der Waals surface area (Å²) in [6.45, 7) is 4.08. The SMILES string of the molecule is C#CCCN1CCN(C(=O)CN2C(=O)CSc3ccccc32)CC1. The fourth-order valence-corrected chi connectivity index (χ4v) is 3.94. The molecule has 0 radical (unpaired) electrons. The Balaban J connectivity index is 1.60. The number of amides is 2. The van der Waals surface area contributed by atoms with E-state index in [4.69, 9.17) is 6.42 Å². The highest BCUT2D eigenvalue weighted by Gasteiger charge is 2.29. The number of benzene rings is 1. The third-order valence-corrected chi connectivity index (χ3v) is 5.45. The molecule has 0 bridgehead atoms. The number of fused-ring (bicyclic) bond motifs is 1. The average molecular weight is 343 g/mol. The third-order valence-electron chi connectivity index (χ3n) is 4.40. The number of nitrogens with zero attached hydrogens (tertiary/aromatic N) is 3. The Morgan fingerprint density at radius 2 is 1.96 bits per heavy atom. The molecule has 0 aliphatic carbocycles. The Bertz CT molecular complexity index is 662. The molecule has 1 aromatic carbocycles. The van der Waals surface area contributed by atoms with Gasteiger partial charge in [-0.05, 0) is 12.1 Å². The van der Waals surface area contributed by atoms with Crippen LogP contribution in [0.4, 0.5) is 5.69 Å². The Kier molecular flexibility index (Phi) is 5.44. The van der Waals surface area contributed by atoms with Gasteiger partial charge in [0.25, 0.3) is 0 Å². The van der Waals surface area contributed by atoms with Gasteiger partial charge in [-0.25, -0.2) is 0 Å². The van der Waals surface area contributed by atoms with Crippen molar-refractivity contribution < 1.29 is 9.59 Å². The van der Waals surface area contributed by atoms with Crippen LogP contribution in [0, 0.1) is 12.3 Å². The molecule has 1 fully saturated rings. The quantitative estimate of drug-likeness (QED) is 0.773. The Labute approximate surface area is 147 Å². The second kappa shape index (κ2) is 7.73. The number of para-hydroxylation sites is 1. The second-order valence-electron chi connectivity index (χ2n) is 5.91. The van der Waals surface area contributed by atoms with Crippen molar-refractivity contribution in [2.24, 2.45) is 0 Å². The molecule has 3 rings (SSSR count). The molecule has 126 valence electrons. The van der Waals surface area contributed by atoms with E-state index in [1.807, 2.05) is 29.2 Å². The number of piperazine rings is 1. The highest BCUT2D eigenvalue weighted by atomic mass is 32.2. The van der Waals surface area contributed by atoms with Gasteiger partial charge in [-0.15, -0.1) is 24.1 Å². The van der Waals surface area contributed by atoms with Crippen LogP contribution in [0.3, 0.4) is 0 Å². The van der Waals surface area contributed by atoms with Gasteiger partial charge in [0.2, 0.25) is 11.8 Å². The summed E-state index contributed by atoms with van der Waals surface area (Å²) in [6.07, 6.45) is 6.04. The van der Waals surface area contributed by atoms with Crippen molar-refractivity contribution in [1.82, 2.24) is 9.80 Å². The summed E-state index contributed by atoms with van der Waals surface area (Å²) >= 11 is 1.53. The number of carbonyl (C=O) groups is 2. The van der Waals surface area contributed by atoms with Crippen LogP contribution < -0.4 is 4.90 Å². The monoisotopic (exact) mass is 343 g/mol. The summed E-state index contributed by atoms with van der Waals surface area (Å²) in [4.78, 5) is 31.7. The standard InChI is InChI=1S/C18H21N3O2S/c1-2-3-8-19-9-11-20(12-10-19)17(22)13-21-15-6-4-5-7-16(15)24-14-18(21)23/h1,4-7H,3,8-14H2. The fourth-order valence-electron chi connectivity index (χ4n) is 3.01. The molecule has 1 saturated heterocycles. The predicted octanol–water partition coefficient (Wildman–Crippen LogP) is 1.29. The van der Waals surface area contributed by atoms with Crippen molar-refractivity contribution in [1.29, 1.82) is 0 Å². The fraction of sp³-hybridized carbons (Fsp3) is 0.444. The van der Waals surface area contributed by atoms with Crippen molar-refractivity contribution in [3.63, 3.8) is 0 Å². The van der Waals surface area contributed by atoms with Gasteiger partial charge in [0, 0.05) is 44.0 Å². The first kappa shape index (κ1) is 16.9. The molecule has 0 spiro atoms. The number of anilines is 1. The smallest absolute Gasteiger partial charge is 0.242 e. The Morgan fingerprint density at radius 1 is 1.21 bits per heavy atom. The van der Waals surface area contributed by atoms with Crippen molar-refractivity contribution in [2.45, 2.75) is 11.3 Å². The summed E-state index contributed by atoms with van der Waals surface area (Å²) in [6, 6.07) is 7.76. The van der Waals surface area contributed by atoms with Crippen LogP contribution in [-0.2, 0) is 9.59 Å². The number of terminal acetylenes is 1. The molecule has 24 heavy (non-hydrogen) atoms. The van der Waals surface area contributed by atoms with Gasteiger partial charge < -0.3 is 9.80 Å². The van der Waals surface area contributed by atoms with Crippen molar-refractivity contribution in [3.05, 3.63) is 24.3 Å². The highest BCUT2D eigenvalue weighted by Crippen LogP contribution is 2.34. The van der Waals surface area contributed by atoms with E-state index in [-0.39, 0.29) is 18.4 Å². The minimum atomic E-state index is -0.000272. The van der Waals surface area contributed by atoms with Gasteiger partial charge in [-0.3, -0.25) is 14.5 Å². The van der Waals surface area contributed by atoms with Crippen LogP contribution in [0.15, 0.2) is 29.2 Å². The Hall–Kier alpha value is -1.97. The first-order valence-corrected chi connectivity index (χ1v) is 9.13. The molecule has 1 aromatic rings. The molecule has 6 heteroatoms. The molecule has 0 unspecified atom stereocenters. The zero-order valence-corrected chi connectivity index (χ0v) is 14.4. The normalized spacial score (nSPS) is 18.2. The largest absolute Gasteiger partial charge is 0.339 e. The van der Waals surface area contributed by atoms with E-state index in [1.165, 1.54) is 11.8 Å². The van der Waals surface area contributed by atoms with Crippen LogP contribution in [0.2, 0.25) is 0 Å². The van der Waals surface area contributed by atoms with E-state index >= 15 is 0 Å². The molecule has 2 amide bonds. The van der Waals surface area contributed by atoms with Gasteiger partial charge in [0.1, 0.15) is 6.54 Å². The first-order valence-electron chi connectivity index (χ1n) is 8.15. The van der Waals surface area contributed by atoms with Gasteiger partial charge in [-0.2, -0.15) is 0 Å². The van der Waals surface area contributed by atoms with Gasteiger partial charge >= 0.3 is 0 Å². The topological polar surface area (TPSA) is 43.9 Å². The number of hydrogen-bond donors (Lipinski definition) is 0. The predicted molar refractivity (Wildman–Crippen MR) is 96.0 cm³/mol.